The number of nitrogens with one attached hydrogen (secondary N) is 1. The highest BCUT2D eigenvalue weighted by molar-refractivity contribution is 14.1. The number of carbonyl (C=O) groups is 1. The van der Waals surface area contributed by atoms with Crippen LogP contribution in [-0.4, -0.2) is 11.0 Å². The first-order chi connectivity index (χ1) is 12.8. The number of hydrogen-bond donors (Lipinski definition) is 2. The van der Waals surface area contributed by atoms with Crippen molar-refractivity contribution in [3.63, 3.8) is 0 Å². The minimum Gasteiger partial charge on any atom is -0.506 e. The first-order valence-electron chi connectivity index (χ1n) is 7.56. The smallest absolute Gasteiger partial charge is 0.259 e. The van der Waals surface area contributed by atoms with Gasteiger partial charge in [0.1, 0.15) is 17.2 Å². The molecule has 0 aliphatic heterocycles. The van der Waals surface area contributed by atoms with E-state index in [-0.39, 0.29) is 21.4 Å². The van der Waals surface area contributed by atoms with Crippen LogP contribution in [0.5, 0.6) is 17.2 Å². The summed E-state index contributed by atoms with van der Waals surface area (Å²) in [6.07, 6.45) is 0. The van der Waals surface area contributed by atoms with E-state index in [2.05, 4.69) is 27.9 Å². The predicted octanol–water partition coefficient (Wildman–Crippen LogP) is 7.00. The fraction of sp³-hybridized carbons (Fsp3) is 0. The number of hydrogen-bond acceptors (Lipinski definition) is 3. The molecule has 27 heavy (non-hydrogen) atoms. The van der Waals surface area contributed by atoms with Crippen molar-refractivity contribution in [3.05, 3.63) is 78.8 Å². The molecule has 4 nitrogen and oxygen atoms in total. The molecule has 0 fully saturated rings. The Labute approximate surface area is 184 Å². The van der Waals surface area contributed by atoms with E-state index in [0.717, 1.165) is 3.57 Å². The van der Waals surface area contributed by atoms with Gasteiger partial charge in [-0.2, -0.15) is 0 Å². The van der Waals surface area contributed by atoms with E-state index in [9.17, 15) is 9.90 Å². The molecule has 1 amide bonds. The Hall–Kier alpha value is -1.67. The number of benzene rings is 3. The molecule has 0 saturated carbocycles. The third-order valence-electron chi connectivity index (χ3n) is 3.50. The van der Waals surface area contributed by atoms with Gasteiger partial charge in [-0.1, -0.05) is 34.8 Å². The number of anilines is 1. The van der Waals surface area contributed by atoms with E-state index in [1.54, 1.807) is 42.5 Å². The Morgan fingerprint density at radius 3 is 2.33 bits per heavy atom. The van der Waals surface area contributed by atoms with E-state index < -0.39 is 5.91 Å². The van der Waals surface area contributed by atoms with E-state index in [0.29, 0.717) is 22.2 Å². The Bertz CT molecular complexity index is 1010. The van der Waals surface area contributed by atoms with Gasteiger partial charge in [0.25, 0.3) is 5.91 Å². The lowest BCUT2D eigenvalue weighted by molar-refractivity contribution is 0.102. The Kier molecular flexibility index (Phi) is 6.37. The van der Waals surface area contributed by atoms with Gasteiger partial charge in [0, 0.05) is 15.7 Å². The van der Waals surface area contributed by atoms with Gasteiger partial charge in [-0.25, -0.2) is 0 Å². The average Bonchev–Trinajstić information content (AvgIpc) is 2.62. The molecule has 138 valence electrons. The Balaban J connectivity index is 1.78. The van der Waals surface area contributed by atoms with Crippen molar-refractivity contribution in [1.82, 2.24) is 0 Å². The van der Waals surface area contributed by atoms with Crippen molar-refractivity contribution in [2.24, 2.45) is 0 Å². The molecular weight excluding hydrogens is 523 g/mol. The third-order valence-corrected chi connectivity index (χ3v) is 5.11. The molecule has 0 aliphatic carbocycles. The zero-order valence-corrected chi connectivity index (χ0v) is 17.9. The predicted molar refractivity (Wildman–Crippen MR) is 117 cm³/mol. The summed E-state index contributed by atoms with van der Waals surface area (Å²) >= 11 is 19.7. The summed E-state index contributed by atoms with van der Waals surface area (Å²) in [5, 5.41) is 13.6. The van der Waals surface area contributed by atoms with Crippen LogP contribution >= 0.6 is 57.4 Å². The van der Waals surface area contributed by atoms with Crippen LogP contribution in [0.15, 0.2) is 54.6 Å². The Morgan fingerprint density at radius 1 is 0.963 bits per heavy atom. The number of amides is 1. The SMILES string of the molecule is O=C(Nc1ccc(Oc2ccc(Cl)cc2)c(I)c1)c1cc(Cl)cc(Cl)c1O. The molecule has 0 bridgehead atoms. The maximum atomic E-state index is 12.4. The molecule has 0 radical (unpaired) electrons. The summed E-state index contributed by atoms with van der Waals surface area (Å²) in [5.74, 6) is 0.423. The zero-order valence-electron chi connectivity index (χ0n) is 13.5. The summed E-state index contributed by atoms with van der Waals surface area (Å²) in [6, 6.07) is 14.9. The lowest BCUT2D eigenvalue weighted by atomic mass is 10.2. The van der Waals surface area contributed by atoms with Gasteiger partial charge in [-0.3, -0.25) is 4.79 Å². The number of phenolic OH excluding ortho intramolecular Hbond substituents is 1. The fourth-order valence-electron chi connectivity index (χ4n) is 2.23. The molecule has 0 atom stereocenters. The molecule has 3 rings (SSSR count). The van der Waals surface area contributed by atoms with Gasteiger partial charge in [0.15, 0.2) is 0 Å². The lowest BCUT2D eigenvalue weighted by Gasteiger charge is -2.11. The minimum absolute atomic E-state index is 0.00828. The molecular formula is C19H11Cl3INO3. The molecule has 3 aromatic carbocycles. The number of halogens is 4. The van der Waals surface area contributed by atoms with E-state index in [4.69, 9.17) is 39.5 Å². The molecule has 8 heteroatoms. The van der Waals surface area contributed by atoms with Crippen LogP contribution in [0.25, 0.3) is 0 Å². The van der Waals surface area contributed by atoms with Gasteiger partial charge in [-0.05, 0) is 77.2 Å². The highest BCUT2D eigenvalue weighted by Gasteiger charge is 2.16. The molecule has 0 heterocycles. The van der Waals surface area contributed by atoms with Gasteiger partial charge < -0.3 is 15.2 Å². The second-order valence-corrected chi connectivity index (χ2v) is 7.88. The summed E-state index contributed by atoms with van der Waals surface area (Å²) in [5.41, 5.74) is 0.521. The molecule has 0 unspecified atom stereocenters. The molecule has 2 N–H and O–H groups in total. The highest BCUT2D eigenvalue weighted by Crippen LogP contribution is 2.33. The van der Waals surface area contributed by atoms with Crippen molar-refractivity contribution in [1.29, 1.82) is 0 Å². The molecule has 3 aromatic rings. The first-order valence-corrected chi connectivity index (χ1v) is 9.77. The van der Waals surface area contributed by atoms with Crippen molar-refractivity contribution in [2.45, 2.75) is 0 Å². The maximum absolute atomic E-state index is 12.4. The lowest BCUT2D eigenvalue weighted by Crippen LogP contribution is -2.12. The van der Waals surface area contributed by atoms with Crippen LogP contribution in [0.4, 0.5) is 5.69 Å². The van der Waals surface area contributed by atoms with E-state index in [1.165, 1.54) is 12.1 Å². The van der Waals surface area contributed by atoms with Crippen LogP contribution in [0.2, 0.25) is 15.1 Å². The van der Waals surface area contributed by atoms with Crippen LogP contribution in [-0.2, 0) is 0 Å². The monoisotopic (exact) mass is 533 g/mol. The van der Waals surface area contributed by atoms with Crippen molar-refractivity contribution in [2.75, 3.05) is 5.32 Å². The molecule has 0 aromatic heterocycles. The first kappa shape index (κ1) is 20.1. The number of aromatic hydroxyl groups is 1. The van der Waals surface area contributed by atoms with Crippen molar-refractivity contribution < 1.29 is 14.6 Å². The van der Waals surface area contributed by atoms with Crippen LogP contribution in [0, 0.1) is 3.57 Å². The highest BCUT2D eigenvalue weighted by atomic mass is 127. The summed E-state index contributed by atoms with van der Waals surface area (Å²) in [6.45, 7) is 0. The molecule has 0 aliphatic rings. The summed E-state index contributed by atoms with van der Waals surface area (Å²) in [4.78, 5) is 12.4. The zero-order chi connectivity index (χ0) is 19.6. The quantitative estimate of drug-likeness (QED) is 0.355. The number of ether oxygens (including phenoxy) is 1. The van der Waals surface area contributed by atoms with Gasteiger partial charge in [0.05, 0.1) is 14.2 Å². The van der Waals surface area contributed by atoms with Gasteiger partial charge in [-0.15, -0.1) is 0 Å². The third kappa shape index (κ3) is 4.99. The second-order valence-electron chi connectivity index (χ2n) is 5.44. The maximum Gasteiger partial charge on any atom is 0.259 e. The van der Waals surface area contributed by atoms with Crippen molar-refractivity contribution in [3.8, 4) is 17.2 Å². The standard InChI is InChI=1S/C19H11Cl3INO3/c20-10-1-4-13(5-2-10)27-17-6-3-12(9-16(17)23)24-19(26)14-7-11(21)8-15(22)18(14)25/h1-9,25H,(H,24,26). The molecule has 0 saturated heterocycles. The van der Waals surface area contributed by atoms with Crippen LogP contribution in [0.1, 0.15) is 10.4 Å². The number of carbonyl (C=O) groups excluding carboxylic acids is 1. The minimum atomic E-state index is -0.529. The van der Waals surface area contributed by atoms with Crippen molar-refractivity contribution >= 4 is 69.0 Å². The summed E-state index contributed by atoms with van der Waals surface area (Å²) in [7, 11) is 0. The summed E-state index contributed by atoms with van der Waals surface area (Å²) < 4.78 is 6.59. The van der Waals surface area contributed by atoms with Crippen LogP contribution < -0.4 is 10.1 Å². The Morgan fingerprint density at radius 2 is 1.67 bits per heavy atom. The van der Waals surface area contributed by atoms with E-state index >= 15 is 0 Å². The van der Waals surface area contributed by atoms with Gasteiger partial charge >= 0.3 is 0 Å². The number of rotatable bonds is 4. The van der Waals surface area contributed by atoms with Crippen LogP contribution in [0.3, 0.4) is 0 Å². The average molecular weight is 535 g/mol. The second kappa shape index (κ2) is 8.56. The topological polar surface area (TPSA) is 58.6 Å². The largest absolute Gasteiger partial charge is 0.506 e. The normalized spacial score (nSPS) is 10.5. The fourth-order valence-corrected chi connectivity index (χ4v) is 3.47. The molecule has 0 spiro atoms. The van der Waals surface area contributed by atoms with E-state index in [1.807, 2.05) is 0 Å². The van der Waals surface area contributed by atoms with Gasteiger partial charge in [0.2, 0.25) is 0 Å². The number of phenols is 1.